The maximum atomic E-state index is 14.0. The zero-order chi connectivity index (χ0) is 18.1. The lowest BCUT2D eigenvalue weighted by Gasteiger charge is -2.39. The molecule has 1 atom stereocenters. The third-order valence-corrected chi connectivity index (χ3v) is 6.68. The van der Waals surface area contributed by atoms with Gasteiger partial charge in [0.25, 0.3) is 0 Å². The Morgan fingerprint density at radius 2 is 1.88 bits per heavy atom. The van der Waals surface area contributed by atoms with Crippen LogP contribution in [0.15, 0.2) is 46.2 Å². The Labute approximate surface area is 162 Å². The molecule has 2 aliphatic heterocycles. The number of nitrogens with zero attached hydrogens (tertiary/aromatic N) is 2. The van der Waals surface area contributed by atoms with Crippen molar-refractivity contribution in [3.05, 3.63) is 58.4 Å². The molecule has 0 aliphatic carbocycles. The Kier molecular flexibility index (Phi) is 5.53. The van der Waals surface area contributed by atoms with Crippen molar-refractivity contribution in [1.29, 1.82) is 0 Å². The van der Waals surface area contributed by atoms with E-state index < -0.39 is 0 Å². The van der Waals surface area contributed by atoms with E-state index in [1.54, 1.807) is 17.8 Å². The van der Waals surface area contributed by atoms with Gasteiger partial charge >= 0.3 is 0 Å². The van der Waals surface area contributed by atoms with Gasteiger partial charge in [-0.25, -0.2) is 4.39 Å². The number of halogens is 2. The van der Waals surface area contributed by atoms with Crippen molar-refractivity contribution in [2.24, 2.45) is 0 Å². The summed E-state index contributed by atoms with van der Waals surface area (Å²) in [6.07, 6.45) is 0.857. The molecule has 0 spiro atoms. The van der Waals surface area contributed by atoms with Gasteiger partial charge in [-0.05, 0) is 47.9 Å². The fourth-order valence-corrected chi connectivity index (χ4v) is 5.26. The van der Waals surface area contributed by atoms with Crippen molar-refractivity contribution < 1.29 is 9.50 Å². The van der Waals surface area contributed by atoms with Gasteiger partial charge in [0.05, 0.1) is 6.61 Å². The second-order valence-corrected chi connectivity index (χ2v) is 8.38. The molecule has 0 saturated carbocycles. The first-order valence-electron chi connectivity index (χ1n) is 8.97. The SMILES string of the molecule is OCCN1CCN(C2Cc3ccc(Cl)cc3Sc3ccc(F)cc32)CC1. The highest BCUT2D eigenvalue weighted by Crippen LogP contribution is 2.44. The van der Waals surface area contributed by atoms with Crippen molar-refractivity contribution in [2.45, 2.75) is 22.3 Å². The molecule has 1 fully saturated rings. The number of piperazine rings is 1. The molecular formula is C20H22ClFN2OS. The molecule has 3 nitrogen and oxygen atoms in total. The van der Waals surface area contributed by atoms with E-state index in [2.05, 4.69) is 15.9 Å². The second kappa shape index (κ2) is 7.87. The fourth-order valence-electron chi connectivity index (χ4n) is 3.87. The molecule has 2 aromatic carbocycles. The van der Waals surface area contributed by atoms with Gasteiger partial charge in [-0.15, -0.1) is 0 Å². The summed E-state index contributed by atoms with van der Waals surface area (Å²) in [7, 11) is 0. The first-order chi connectivity index (χ1) is 12.6. The number of aliphatic hydroxyl groups excluding tert-OH is 1. The van der Waals surface area contributed by atoms with E-state index in [0.717, 1.165) is 59.5 Å². The molecule has 6 heteroatoms. The van der Waals surface area contributed by atoms with Crippen LogP contribution in [0.25, 0.3) is 0 Å². The first kappa shape index (κ1) is 18.3. The summed E-state index contributed by atoms with van der Waals surface area (Å²) in [6.45, 7) is 4.64. The molecule has 26 heavy (non-hydrogen) atoms. The predicted octanol–water partition coefficient (Wildman–Crippen LogP) is 3.84. The molecule has 1 N–H and O–H groups in total. The summed E-state index contributed by atoms with van der Waals surface area (Å²) in [4.78, 5) is 7.00. The minimum absolute atomic E-state index is 0.159. The number of β-amino-alcohol motifs (C(OH)–C–C–N with tert-alkyl or cyclic N) is 1. The van der Waals surface area contributed by atoms with Gasteiger partial charge in [0.2, 0.25) is 0 Å². The molecule has 0 bridgehead atoms. The Morgan fingerprint density at radius 3 is 2.65 bits per heavy atom. The summed E-state index contributed by atoms with van der Waals surface area (Å²) >= 11 is 7.88. The summed E-state index contributed by atoms with van der Waals surface area (Å²) in [5.41, 5.74) is 2.33. The minimum atomic E-state index is -0.183. The van der Waals surface area contributed by atoms with Crippen LogP contribution in [-0.2, 0) is 6.42 Å². The van der Waals surface area contributed by atoms with Crippen LogP contribution in [0.3, 0.4) is 0 Å². The van der Waals surface area contributed by atoms with E-state index in [4.69, 9.17) is 16.7 Å². The van der Waals surface area contributed by atoms with Crippen LogP contribution < -0.4 is 0 Å². The second-order valence-electron chi connectivity index (χ2n) is 6.86. The molecule has 1 unspecified atom stereocenters. The predicted molar refractivity (Wildman–Crippen MR) is 104 cm³/mol. The lowest BCUT2D eigenvalue weighted by atomic mass is 9.96. The summed E-state index contributed by atoms with van der Waals surface area (Å²) in [5.74, 6) is -0.183. The van der Waals surface area contributed by atoms with Gasteiger partial charge in [0.15, 0.2) is 0 Å². The van der Waals surface area contributed by atoms with Gasteiger partial charge in [-0.3, -0.25) is 9.80 Å². The van der Waals surface area contributed by atoms with Crippen molar-refractivity contribution >= 4 is 23.4 Å². The van der Waals surface area contributed by atoms with Crippen LogP contribution in [-0.4, -0.2) is 54.2 Å². The molecule has 1 saturated heterocycles. The zero-order valence-electron chi connectivity index (χ0n) is 14.5. The van der Waals surface area contributed by atoms with E-state index in [-0.39, 0.29) is 18.5 Å². The Hall–Kier alpha value is -1.11. The molecule has 0 radical (unpaired) electrons. The smallest absolute Gasteiger partial charge is 0.123 e. The maximum Gasteiger partial charge on any atom is 0.123 e. The summed E-state index contributed by atoms with van der Waals surface area (Å²) in [6, 6.07) is 11.3. The van der Waals surface area contributed by atoms with Crippen molar-refractivity contribution in [2.75, 3.05) is 39.3 Å². The van der Waals surface area contributed by atoms with Crippen LogP contribution >= 0.6 is 23.4 Å². The maximum absolute atomic E-state index is 14.0. The van der Waals surface area contributed by atoms with Gasteiger partial charge in [-0.2, -0.15) is 0 Å². The average molecular weight is 393 g/mol. The van der Waals surface area contributed by atoms with E-state index in [1.165, 1.54) is 11.6 Å². The topological polar surface area (TPSA) is 26.7 Å². The number of fused-ring (bicyclic) bond motifs is 2. The number of hydrogen-bond acceptors (Lipinski definition) is 4. The van der Waals surface area contributed by atoms with Crippen LogP contribution in [0.1, 0.15) is 17.2 Å². The Balaban J connectivity index is 1.67. The Bertz CT molecular complexity index is 795. The number of hydrogen-bond donors (Lipinski definition) is 1. The highest BCUT2D eigenvalue weighted by Gasteiger charge is 2.30. The lowest BCUT2D eigenvalue weighted by molar-refractivity contribution is 0.0822. The quantitative estimate of drug-likeness (QED) is 0.858. The van der Waals surface area contributed by atoms with Gasteiger partial charge < -0.3 is 5.11 Å². The first-order valence-corrected chi connectivity index (χ1v) is 10.2. The number of rotatable bonds is 3. The van der Waals surface area contributed by atoms with Gasteiger partial charge in [0.1, 0.15) is 5.82 Å². The molecule has 2 aromatic rings. The number of benzene rings is 2. The third kappa shape index (κ3) is 3.78. The monoisotopic (exact) mass is 392 g/mol. The number of aliphatic hydroxyl groups is 1. The van der Waals surface area contributed by atoms with Crippen molar-refractivity contribution in [3.63, 3.8) is 0 Å². The summed E-state index contributed by atoms with van der Waals surface area (Å²) in [5, 5.41) is 9.88. The molecule has 0 aromatic heterocycles. The normalized spacial score (nSPS) is 21.1. The molecule has 4 rings (SSSR count). The summed E-state index contributed by atoms with van der Waals surface area (Å²) < 4.78 is 14.0. The highest BCUT2D eigenvalue weighted by molar-refractivity contribution is 7.99. The average Bonchev–Trinajstić information content (AvgIpc) is 2.79. The third-order valence-electron chi connectivity index (χ3n) is 5.26. The highest BCUT2D eigenvalue weighted by atomic mass is 35.5. The molecule has 138 valence electrons. The van der Waals surface area contributed by atoms with Gasteiger partial charge in [0, 0.05) is 53.6 Å². The van der Waals surface area contributed by atoms with Crippen molar-refractivity contribution in [3.8, 4) is 0 Å². The van der Waals surface area contributed by atoms with Crippen LogP contribution in [0.2, 0.25) is 5.02 Å². The van der Waals surface area contributed by atoms with Crippen molar-refractivity contribution in [1.82, 2.24) is 9.80 Å². The van der Waals surface area contributed by atoms with E-state index >= 15 is 0 Å². The van der Waals surface area contributed by atoms with Crippen LogP contribution in [0, 0.1) is 5.82 Å². The van der Waals surface area contributed by atoms with Crippen LogP contribution in [0.4, 0.5) is 4.39 Å². The lowest BCUT2D eigenvalue weighted by Crippen LogP contribution is -2.48. The molecule has 2 aliphatic rings. The molecular weight excluding hydrogens is 371 g/mol. The van der Waals surface area contributed by atoms with E-state index in [0.29, 0.717) is 0 Å². The van der Waals surface area contributed by atoms with Crippen LogP contribution in [0.5, 0.6) is 0 Å². The van der Waals surface area contributed by atoms with E-state index in [9.17, 15) is 4.39 Å². The minimum Gasteiger partial charge on any atom is -0.395 e. The molecule has 2 heterocycles. The Morgan fingerprint density at radius 1 is 1.08 bits per heavy atom. The van der Waals surface area contributed by atoms with E-state index in [1.807, 2.05) is 18.2 Å². The zero-order valence-corrected chi connectivity index (χ0v) is 16.1. The van der Waals surface area contributed by atoms with Gasteiger partial charge in [-0.1, -0.05) is 29.4 Å². The molecule has 0 amide bonds. The fraction of sp³-hybridized carbons (Fsp3) is 0.400. The largest absolute Gasteiger partial charge is 0.395 e. The standard InChI is InChI=1S/C20H22ClFN2OS/c21-15-2-1-14-11-18(24-7-5-23(6-8-24)9-10-25)17-13-16(22)3-4-19(17)26-20(14)12-15/h1-4,12-13,18,25H,5-11H2.